The fourth-order valence-corrected chi connectivity index (χ4v) is 5.55. The topological polar surface area (TPSA) is 69.7 Å². The Hall–Kier alpha value is -3.39. The third-order valence-corrected chi connectivity index (χ3v) is 7.12. The molecule has 0 amide bonds. The SMILES string of the molecule is COC(=O)C1=CN2CCc3cc(OC)c(OC)cc3[C@@H]2N2CCc3cc(OC)c(OC)cc3[C@@H]12. The molecule has 0 aliphatic carbocycles. The van der Waals surface area contributed by atoms with E-state index < -0.39 is 0 Å². The minimum atomic E-state index is -0.325. The normalized spacial score (nSPS) is 20.7. The Labute approximate surface area is 199 Å². The molecule has 3 aliphatic rings. The molecular formula is C26H30N2O6. The van der Waals surface area contributed by atoms with Crippen molar-refractivity contribution in [3.63, 3.8) is 0 Å². The smallest absolute Gasteiger partial charge is 0.337 e. The van der Waals surface area contributed by atoms with Crippen LogP contribution < -0.4 is 18.9 Å². The lowest BCUT2D eigenvalue weighted by atomic mass is 9.83. The van der Waals surface area contributed by atoms with E-state index in [1.807, 2.05) is 18.3 Å². The first-order valence-electron chi connectivity index (χ1n) is 11.4. The molecule has 2 aromatic rings. The van der Waals surface area contributed by atoms with Gasteiger partial charge < -0.3 is 28.6 Å². The summed E-state index contributed by atoms with van der Waals surface area (Å²) in [5, 5.41) is 0. The number of rotatable bonds is 5. The van der Waals surface area contributed by atoms with Crippen molar-refractivity contribution in [3.05, 3.63) is 58.3 Å². The van der Waals surface area contributed by atoms with Gasteiger partial charge in [-0.05, 0) is 59.4 Å². The number of hydrogen-bond acceptors (Lipinski definition) is 8. The van der Waals surface area contributed by atoms with Crippen molar-refractivity contribution in [2.45, 2.75) is 25.0 Å². The summed E-state index contributed by atoms with van der Waals surface area (Å²) >= 11 is 0. The van der Waals surface area contributed by atoms with Crippen molar-refractivity contribution in [1.29, 1.82) is 0 Å². The Morgan fingerprint density at radius 3 is 1.88 bits per heavy atom. The first-order valence-corrected chi connectivity index (χ1v) is 11.4. The van der Waals surface area contributed by atoms with E-state index in [9.17, 15) is 4.79 Å². The van der Waals surface area contributed by atoms with Crippen molar-refractivity contribution in [2.24, 2.45) is 0 Å². The highest BCUT2D eigenvalue weighted by Gasteiger charge is 2.45. The van der Waals surface area contributed by atoms with Crippen LogP contribution in [-0.4, -0.2) is 64.4 Å². The molecular weight excluding hydrogens is 436 g/mol. The van der Waals surface area contributed by atoms with Gasteiger partial charge in [0.1, 0.15) is 6.17 Å². The number of ether oxygens (including phenoxy) is 5. The minimum Gasteiger partial charge on any atom is -0.493 e. The van der Waals surface area contributed by atoms with Crippen molar-refractivity contribution in [1.82, 2.24) is 9.80 Å². The molecule has 0 fully saturated rings. The van der Waals surface area contributed by atoms with Crippen LogP contribution in [0.3, 0.4) is 0 Å². The maximum Gasteiger partial charge on any atom is 0.337 e. The number of methoxy groups -OCH3 is 5. The molecule has 8 heteroatoms. The van der Waals surface area contributed by atoms with Crippen molar-refractivity contribution in [3.8, 4) is 23.0 Å². The molecule has 180 valence electrons. The predicted octanol–water partition coefficient (Wildman–Crippen LogP) is 3.25. The minimum absolute atomic E-state index is 0.0387. The zero-order valence-corrected chi connectivity index (χ0v) is 20.2. The van der Waals surface area contributed by atoms with Crippen LogP contribution >= 0.6 is 0 Å². The van der Waals surface area contributed by atoms with E-state index in [1.54, 1.807) is 28.4 Å². The standard InChI is InChI=1S/C26H30N2O6/c1-30-20-10-15-7-9-28-24(17(15)12-22(20)32-3)19(26(29)34-5)14-27-8-6-16-11-21(31-2)23(33-4)13-18(16)25(27)28/h10-14,24-25H,6-9H2,1-5H3/t24-,25-/m0/s1. The second kappa shape index (κ2) is 8.76. The molecule has 0 unspecified atom stereocenters. The molecule has 3 aliphatic heterocycles. The number of benzene rings is 2. The molecule has 0 aromatic heterocycles. The summed E-state index contributed by atoms with van der Waals surface area (Å²) in [6.07, 6.45) is 3.61. The summed E-state index contributed by atoms with van der Waals surface area (Å²) in [5.41, 5.74) is 5.19. The monoisotopic (exact) mass is 466 g/mol. The molecule has 0 N–H and O–H groups in total. The van der Waals surface area contributed by atoms with Crippen LogP contribution in [0.4, 0.5) is 0 Å². The number of hydrogen-bond donors (Lipinski definition) is 0. The van der Waals surface area contributed by atoms with E-state index in [0.29, 0.717) is 22.8 Å². The van der Waals surface area contributed by atoms with Gasteiger partial charge in [-0.25, -0.2) is 4.79 Å². The zero-order valence-electron chi connectivity index (χ0n) is 20.2. The van der Waals surface area contributed by atoms with Crippen LogP contribution in [0.5, 0.6) is 23.0 Å². The molecule has 0 saturated heterocycles. The van der Waals surface area contributed by atoms with Gasteiger partial charge in [0.05, 0.1) is 47.2 Å². The van der Waals surface area contributed by atoms with Crippen LogP contribution in [-0.2, 0) is 22.4 Å². The van der Waals surface area contributed by atoms with Crippen molar-refractivity contribution < 1.29 is 28.5 Å². The lowest BCUT2D eigenvalue weighted by molar-refractivity contribution is -0.138. The van der Waals surface area contributed by atoms with Crippen LogP contribution in [0.2, 0.25) is 0 Å². The van der Waals surface area contributed by atoms with Gasteiger partial charge in [-0.2, -0.15) is 0 Å². The van der Waals surface area contributed by atoms with Gasteiger partial charge in [-0.15, -0.1) is 0 Å². The summed E-state index contributed by atoms with van der Waals surface area (Å²) < 4.78 is 27.5. The average Bonchev–Trinajstić information content (AvgIpc) is 2.89. The van der Waals surface area contributed by atoms with Crippen LogP contribution in [0, 0.1) is 0 Å². The third kappa shape index (κ3) is 3.36. The molecule has 0 spiro atoms. The van der Waals surface area contributed by atoms with E-state index in [2.05, 4.69) is 21.9 Å². The Bertz CT molecular complexity index is 1160. The quantitative estimate of drug-likeness (QED) is 0.622. The van der Waals surface area contributed by atoms with Crippen molar-refractivity contribution in [2.75, 3.05) is 48.6 Å². The highest BCUT2D eigenvalue weighted by atomic mass is 16.5. The maximum absolute atomic E-state index is 13.0. The number of carbonyl (C=O) groups is 1. The first-order chi connectivity index (χ1) is 16.5. The van der Waals surface area contributed by atoms with Gasteiger partial charge in [0.25, 0.3) is 0 Å². The first kappa shape index (κ1) is 22.4. The largest absolute Gasteiger partial charge is 0.493 e. The Balaban J connectivity index is 1.69. The third-order valence-electron chi connectivity index (χ3n) is 7.12. The highest BCUT2D eigenvalue weighted by molar-refractivity contribution is 5.90. The van der Waals surface area contributed by atoms with Crippen LogP contribution in [0.1, 0.15) is 34.5 Å². The van der Waals surface area contributed by atoms with Gasteiger partial charge in [0, 0.05) is 19.3 Å². The van der Waals surface area contributed by atoms with Gasteiger partial charge in [0.2, 0.25) is 0 Å². The number of esters is 1. The molecule has 0 saturated carbocycles. The predicted molar refractivity (Wildman–Crippen MR) is 125 cm³/mol. The lowest BCUT2D eigenvalue weighted by Crippen LogP contribution is -2.51. The summed E-state index contributed by atoms with van der Waals surface area (Å²) in [7, 11) is 8.01. The Morgan fingerprint density at radius 1 is 0.765 bits per heavy atom. The second-order valence-electron chi connectivity index (χ2n) is 8.64. The fourth-order valence-electron chi connectivity index (χ4n) is 5.55. The number of nitrogens with zero attached hydrogens (tertiary/aromatic N) is 2. The molecule has 2 aromatic carbocycles. The van der Waals surface area contributed by atoms with Gasteiger partial charge in [-0.1, -0.05) is 0 Å². The van der Waals surface area contributed by atoms with Crippen molar-refractivity contribution >= 4 is 5.97 Å². The van der Waals surface area contributed by atoms with E-state index in [4.69, 9.17) is 23.7 Å². The second-order valence-corrected chi connectivity index (χ2v) is 8.64. The van der Waals surface area contributed by atoms with Gasteiger partial charge >= 0.3 is 5.97 Å². The number of fused-ring (bicyclic) bond motifs is 7. The van der Waals surface area contributed by atoms with Gasteiger partial charge in [0.15, 0.2) is 23.0 Å². The summed E-state index contributed by atoms with van der Waals surface area (Å²) in [6, 6.07) is 7.90. The molecule has 34 heavy (non-hydrogen) atoms. The van der Waals surface area contributed by atoms with Crippen LogP contribution in [0.15, 0.2) is 36.0 Å². The maximum atomic E-state index is 13.0. The molecule has 2 atom stereocenters. The van der Waals surface area contributed by atoms with Gasteiger partial charge in [-0.3, -0.25) is 4.90 Å². The summed E-state index contributed by atoms with van der Waals surface area (Å²) in [5.74, 6) is 2.44. The summed E-state index contributed by atoms with van der Waals surface area (Å²) in [4.78, 5) is 17.6. The molecule has 5 rings (SSSR count). The van der Waals surface area contributed by atoms with E-state index in [1.165, 1.54) is 12.7 Å². The molecule has 0 bridgehead atoms. The lowest BCUT2D eigenvalue weighted by Gasteiger charge is -2.52. The zero-order chi connectivity index (χ0) is 24.0. The Kier molecular flexibility index (Phi) is 5.77. The molecule has 0 radical (unpaired) electrons. The average molecular weight is 467 g/mol. The summed E-state index contributed by atoms with van der Waals surface area (Å²) in [6.45, 7) is 1.56. The highest BCUT2D eigenvalue weighted by Crippen LogP contribution is 2.50. The van der Waals surface area contributed by atoms with E-state index >= 15 is 0 Å². The van der Waals surface area contributed by atoms with E-state index in [-0.39, 0.29) is 18.2 Å². The number of carbonyl (C=O) groups excluding carboxylic acids is 1. The fraction of sp³-hybridized carbons (Fsp3) is 0.423. The van der Waals surface area contributed by atoms with Crippen LogP contribution in [0.25, 0.3) is 0 Å². The Morgan fingerprint density at radius 2 is 1.29 bits per heavy atom. The molecule has 8 nitrogen and oxygen atoms in total. The molecule has 3 heterocycles. The van der Waals surface area contributed by atoms with E-state index in [0.717, 1.165) is 48.4 Å².